The summed E-state index contributed by atoms with van der Waals surface area (Å²) in [5.74, 6) is 0. The highest BCUT2D eigenvalue weighted by molar-refractivity contribution is 4.96. The molecule has 0 saturated heterocycles. The van der Waals surface area contributed by atoms with Crippen LogP contribution in [0, 0.1) is 0 Å². The van der Waals surface area contributed by atoms with Crippen molar-refractivity contribution in [3.8, 4) is 0 Å². The highest BCUT2D eigenvalue weighted by Gasteiger charge is 1.95. The Hall–Kier alpha value is -0.830. The predicted octanol–water partition coefficient (Wildman–Crippen LogP) is 0.828. The van der Waals surface area contributed by atoms with Crippen molar-refractivity contribution < 1.29 is 5.11 Å². The maximum atomic E-state index is 8.56. The minimum Gasteiger partial charge on any atom is -0.396 e. The average molecular weight is 154 g/mol. The fraction of sp³-hybridized carbons (Fsp3) is 0.625. The van der Waals surface area contributed by atoms with Crippen molar-refractivity contribution in [3.63, 3.8) is 0 Å². The van der Waals surface area contributed by atoms with Crippen molar-refractivity contribution in [2.75, 3.05) is 6.61 Å². The summed E-state index contributed by atoms with van der Waals surface area (Å²) in [6, 6.07) is 0. The number of hydrogen-bond acceptors (Lipinski definition) is 2. The highest BCUT2D eigenvalue weighted by atomic mass is 16.2. The van der Waals surface area contributed by atoms with E-state index in [9.17, 15) is 0 Å². The molecule has 0 aliphatic carbocycles. The van der Waals surface area contributed by atoms with E-state index in [1.807, 2.05) is 17.1 Å². The summed E-state index contributed by atoms with van der Waals surface area (Å²) < 4.78 is 2.03. The van der Waals surface area contributed by atoms with E-state index in [0.29, 0.717) is 0 Å². The van der Waals surface area contributed by atoms with Crippen LogP contribution in [0.25, 0.3) is 0 Å². The van der Waals surface area contributed by atoms with Crippen molar-refractivity contribution in [2.45, 2.75) is 26.3 Å². The van der Waals surface area contributed by atoms with Crippen LogP contribution in [-0.4, -0.2) is 21.3 Å². The van der Waals surface area contributed by atoms with Crippen molar-refractivity contribution in [1.82, 2.24) is 9.55 Å². The van der Waals surface area contributed by atoms with Gasteiger partial charge in [0.05, 0.1) is 12.0 Å². The van der Waals surface area contributed by atoms with Gasteiger partial charge in [-0.3, -0.25) is 0 Å². The molecule has 1 N–H and O–H groups in total. The Balaban J connectivity index is 2.44. The van der Waals surface area contributed by atoms with Crippen molar-refractivity contribution >= 4 is 0 Å². The van der Waals surface area contributed by atoms with Crippen LogP contribution < -0.4 is 0 Å². The Morgan fingerprint density at radius 2 is 2.45 bits per heavy atom. The number of aliphatic hydroxyl groups is 1. The minimum absolute atomic E-state index is 0.249. The number of aryl methyl sites for hydroxylation is 2. The molecule has 0 unspecified atom stereocenters. The third kappa shape index (κ3) is 2.35. The molecule has 0 fully saturated rings. The van der Waals surface area contributed by atoms with Gasteiger partial charge in [-0.1, -0.05) is 0 Å². The largest absolute Gasteiger partial charge is 0.396 e. The highest BCUT2D eigenvalue weighted by Crippen LogP contribution is 1.99. The normalized spacial score (nSPS) is 10.4. The molecule has 1 heterocycles. The van der Waals surface area contributed by atoms with E-state index in [1.165, 1.54) is 0 Å². The molecule has 0 spiro atoms. The molecule has 1 rings (SSSR count). The maximum absolute atomic E-state index is 8.56. The second-order valence-corrected chi connectivity index (χ2v) is 2.52. The molecule has 0 atom stereocenters. The molecule has 0 bridgehead atoms. The average Bonchev–Trinajstić information content (AvgIpc) is 2.48. The van der Waals surface area contributed by atoms with Crippen LogP contribution in [0.15, 0.2) is 12.5 Å². The fourth-order valence-electron chi connectivity index (χ4n) is 0.969. The number of nitrogens with zero attached hydrogens (tertiary/aromatic N) is 2. The molecular weight excluding hydrogens is 140 g/mol. The lowest BCUT2D eigenvalue weighted by Gasteiger charge is -1.92. The van der Waals surface area contributed by atoms with E-state index in [1.54, 1.807) is 0 Å². The second kappa shape index (κ2) is 4.13. The third-order valence-corrected chi connectivity index (χ3v) is 1.64. The lowest BCUT2D eigenvalue weighted by Crippen LogP contribution is -1.90. The van der Waals surface area contributed by atoms with Gasteiger partial charge < -0.3 is 9.67 Å². The molecule has 1 aromatic heterocycles. The van der Waals surface area contributed by atoms with Gasteiger partial charge in [0, 0.05) is 19.3 Å². The number of aromatic nitrogens is 2. The summed E-state index contributed by atoms with van der Waals surface area (Å²) in [6.45, 7) is 3.29. The molecule has 3 nitrogen and oxygen atoms in total. The molecule has 0 aromatic carbocycles. The molecule has 0 saturated carbocycles. The number of hydrogen-bond donors (Lipinski definition) is 1. The molecule has 1 aromatic rings. The zero-order valence-corrected chi connectivity index (χ0v) is 6.82. The Morgan fingerprint density at radius 1 is 1.64 bits per heavy atom. The van der Waals surface area contributed by atoms with Crippen molar-refractivity contribution in [2.24, 2.45) is 0 Å². The summed E-state index contributed by atoms with van der Waals surface area (Å²) in [5, 5.41) is 8.56. The van der Waals surface area contributed by atoms with E-state index in [-0.39, 0.29) is 6.61 Å². The lowest BCUT2D eigenvalue weighted by atomic mass is 10.3. The second-order valence-electron chi connectivity index (χ2n) is 2.52. The summed E-state index contributed by atoms with van der Waals surface area (Å²) in [7, 11) is 0. The van der Waals surface area contributed by atoms with Crippen LogP contribution in [0.1, 0.15) is 19.0 Å². The summed E-state index contributed by atoms with van der Waals surface area (Å²) >= 11 is 0. The smallest absolute Gasteiger partial charge is 0.0949 e. The van der Waals surface area contributed by atoms with Gasteiger partial charge in [0.25, 0.3) is 0 Å². The van der Waals surface area contributed by atoms with Crippen LogP contribution in [0.3, 0.4) is 0 Å². The van der Waals surface area contributed by atoms with E-state index >= 15 is 0 Å². The van der Waals surface area contributed by atoms with Crippen LogP contribution in [0.2, 0.25) is 0 Å². The molecule has 0 radical (unpaired) electrons. The van der Waals surface area contributed by atoms with Gasteiger partial charge in [0.1, 0.15) is 0 Å². The first-order valence-corrected chi connectivity index (χ1v) is 3.98. The zero-order chi connectivity index (χ0) is 8.10. The molecular formula is C8H14N2O. The van der Waals surface area contributed by atoms with Crippen LogP contribution in [0.4, 0.5) is 0 Å². The zero-order valence-electron chi connectivity index (χ0n) is 6.82. The minimum atomic E-state index is 0.249. The monoisotopic (exact) mass is 154 g/mol. The van der Waals surface area contributed by atoms with E-state index in [0.717, 1.165) is 25.1 Å². The summed E-state index contributed by atoms with van der Waals surface area (Å²) in [6.07, 6.45) is 5.53. The van der Waals surface area contributed by atoms with Gasteiger partial charge in [0.2, 0.25) is 0 Å². The van der Waals surface area contributed by atoms with Crippen molar-refractivity contribution in [3.05, 3.63) is 18.2 Å². The van der Waals surface area contributed by atoms with Gasteiger partial charge in [-0.25, -0.2) is 4.98 Å². The Labute approximate surface area is 66.7 Å². The molecule has 0 aliphatic heterocycles. The first kappa shape index (κ1) is 8.27. The van der Waals surface area contributed by atoms with Gasteiger partial charge in [-0.05, 0) is 19.8 Å². The maximum Gasteiger partial charge on any atom is 0.0949 e. The standard InChI is InChI=1S/C8H14N2O/c1-2-10-6-8(9-7-10)4-3-5-11/h6-7,11H,2-5H2,1H3. The van der Waals surface area contributed by atoms with Crippen molar-refractivity contribution in [1.29, 1.82) is 0 Å². The topological polar surface area (TPSA) is 38.0 Å². The summed E-state index contributed by atoms with van der Waals surface area (Å²) in [5.41, 5.74) is 1.07. The Morgan fingerprint density at radius 3 is 3.00 bits per heavy atom. The van der Waals surface area contributed by atoms with Gasteiger partial charge in [-0.2, -0.15) is 0 Å². The first-order chi connectivity index (χ1) is 5.36. The molecule has 3 heteroatoms. The number of rotatable bonds is 4. The first-order valence-electron chi connectivity index (χ1n) is 3.98. The Bertz CT molecular complexity index is 208. The Kier molecular flexibility index (Phi) is 3.11. The molecule has 62 valence electrons. The molecule has 0 aliphatic rings. The third-order valence-electron chi connectivity index (χ3n) is 1.64. The SMILES string of the molecule is CCn1cnc(CCCO)c1. The quantitative estimate of drug-likeness (QED) is 0.697. The lowest BCUT2D eigenvalue weighted by molar-refractivity contribution is 0.288. The number of aliphatic hydroxyl groups excluding tert-OH is 1. The molecule has 11 heavy (non-hydrogen) atoms. The molecule has 0 amide bonds. The van der Waals surface area contributed by atoms with Gasteiger partial charge in [-0.15, -0.1) is 0 Å². The van der Waals surface area contributed by atoms with Crippen LogP contribution in [-0.2, 0) is 13.0 Å². The predicted molar refractivity (Wildman–Crippen MR) is 43.3 cm³/mol. The van der Waals surface area contributed by atoms with Crippen LogP contribution in [0.5, 0.6) is 0 Å². The summed E-state index contributed by atoms with van der Waals surface area (Å²) in [4.78, 5) is 4.18. The van der Waals surface area contributed by atoms with Crippen LogP contribution >= 0.6 is 0 Å². The van der Waals surface area contributed by atoms with E-state index in [4.69, 9.17) is 5.11 Å². The van der Waals surface area contributed by atoms with E-state index in [2.05, 4.69) is 11.9 Å². The van der Waals surface area contributed by atoms with Gasteiger partial charge >= 0.3 is 0 Å². The fourth-order valence-corrected chi connectivity index (χ4v) is 0.969. The number of imidazole rings is 1. The van der Waals surface area contributed by atoms with E-state index < -0.39 is 0 Å². The van der Waals surface area contributed by atoms with Gasteiger partial charge in [0.15, 0.2) is 0 Å².